The van der Waals surface area contributed by atoms with Crippen molar-refractivity contribution in [2.24, 2.45) is 11.7 Å². The number of anilines is 1. The van der Waals surface area contributed by atoms with Gasteiger partial charge in [-0.05, 0) is 53.9 Å². The number of nitrogens with two attached hydrogens (primary N) is 1. The van der Waals surface area contributed by atoms with E-state index >= 15 is 0 Å². The van der Waals surface area contributed by atoms with Gasteiger partial charge < -0.3 is 10.6 Å². The molecule has 2 heterocycles. The van der Waals surface area contributed by atoms with E-state index in [2.05, 4.69) is 34.5 Å². The molecule has 16 heavy (non-hydrogen) atoms. The minimum Gasteiger partial charge on any atom is -0.371 e. The molecule has 3 rings (SSSR count). The molecule has 1 saturated heterocycles. The van der Waals surface area contributed by atoms with Gasteiger partial charge in [0, 0.05) is 23.5 Å². The number of nitrogens with zero attached hydrogens (tertiary/aromatic N) is 1. The molecular weight excluding hydrogens is 216 g/mol. The Bertz CT molecular complexity index is 491. The summed E-state index contributed by atoms with van der Waals surface area (Å²) >= 11 is 1.81. The molecule has 3 heteroatoms. The average Bonchev–Trinajstić information content (AvgIpc) is 2.96. The molecule has 1 fully saturated rings. The Hall–Kier alpha value is -1.06. The molecule has 84 valence electrons. The predicted molar refractivity (Wildman–Crippen MR) is 71.2 cm³/mol. The van der Waals surface area contributed by atoms with Crippen LogP contribution >= 0.6 is 11.3 Å². The fraction of sp³-hybridized carbons (Fsp3) is 0.385. The molecule has 2 nitrogen and oxygen atoms in total. The van der Waals surface area contributed by atoms with Crippen LogP contribution in [-0.2, 0) is 0 Å². The summed E-state index contributed by atoms with van der Waals surface area (Å²) in [5.41, 5.74) is 7.07. The van der Waals surface area contributed by atoms with Gasteiger partial charge in [0.25, 0.3) is 0 Å². The first-order valence-electron chi connectivity index (χ1n) is 5.79. The van der Waals surface area contributed by atoms with E-state index in [1.54, 1.807) is 11.3 Å². The van der Waals surface area contributed by atoms with Gasteiger partial charge in [0.15, 0.2) is 0 Å². The number of hydrogen-bond donors (Lipinski definition) is 1. The fourth-order valence-corrected chi connectivity index (χ4v) is 3.18. The molecule has 1 aliphatic rings. The highest BCUT2D eigenvalue weighted by Crippen LogP contribution is 2.29. The second kappa shape index (κ2) is 4.07. The third-order valence-corrected chi connectivity index (χ3v) is 4.32. The van der Waals surface area contributed by atoms with Crippen LogP contribution in [0.1, 0.15) is 6.42 Å². The molecule has 2 N–H and O–H groups in total. The maximum absolute atomic E-state index is 5.72. The topological polar surface area (TPSA) is 29.3 Å². The van der Waals surface area contributed by atoms with Crippen molar-refractivity contribution in [2.75, 3.05) is 24.5 Å². The summed E-state index contributed by atoms with van der Waals surface area (Å²) in [4.78, 5) is 2.45. The number of benzene rings is 1. The van der Waals surface area contributed by atoms with E-state index in [1.165, 1.54) is 22.2 Å². The maximum atomic E-state index is 5.72. The van der Waals surface area contributed by atoms with Gasteiger partial charge in [0.2, 0.25) is 0 Å². The molecule has 0 radical (unpaired) electrons. The molecule has 0 aliphatic carbocycles. The lowest BCUT2D eigenvalue weighted by Gasteiger charge is -2.18. The Kier molecular flexibility index (Phi) is 2.58. The van der Waals surface area contributed by atoms with E-state index in [9.17, 15) is 0 Å². The first-order chi connectivity index (χ1) is 7.86. The van der Waals surface area contributed by atoms with Crippen molar-refractivity contribution in [3.8, 4) is 0 Å². The Morgan fingerprint density at radius 3 is 3.12 bits per heavy atom. The minimum absolute atomic E-state index is 0.679. The predicted octanol–water partition coefficient (Wildman–Crippen LogP) is 2.69. The largest absolute Gasteiger partial charge is 0.371 e. The fourth-order valence-electron chi connectivity index (χ4n) is 2.41. The second-order valence-electron chi connectivity index (χ2n) is 4.48. The summed E-state index contributed by atoms with van der Waals surface area (Å²) < 4.78 is 1.37. The third kappa shape index (κ3) is 1.70. The molecule has 0 amide bonds. The zero-order valence-corrected chi connectivity index (χ0v) is 10.0. The summed E-state index contributed by atoms with van der Waals surface area (Å²) in [7, 11) is 0. The Morgan fingerprint density at radius 1 is 1.38 bits per heavy atom. The Labute approximate surface area is 99.7 Å². The quantitative estimate of drug-likeness (QED) is 0.862. The van der Waals surface area contributed by atoms with Crippen LogP contribution in [0.15, 0.2) is 29.6 Å². The van der Waals surface area contributed by atoms with E-state index in [0.29, 0.717) is 5.92 Å². The zero-order chi connectivity index (χ0) is 11.0. The summed E-state index contributed by atoms with van der Waals surface area (Å²) in [6.07, 6.45) is 1.23. The molecule has 1 aromatic carbocycles. The van der Waals surface area contributed by atoms with Crippen molar-refractivity contribution in [1.82, 2.24) is 0 Å². The monoisotopic (exact) mass is 232 g/mol. The third-order valence-electron chi connectivity index (χ3n) is 3.42. The van der Waals surface area contributed by atoms with Gasteiger partial charge in [-0.15, -0.1) is 11.3 Å². The molecule has 1 aromatic heterocycles. The maximum Gasteiger partial charge on any atom is 0.0373 e. The number of rotatable bonds is 2. The number of hydrogen-bond acceptors (Lipinski definition) is 3. The molecule has 0 saturated carbocycles. The van der Waals surface area contributed by atoms with Gasteiger partial charge in [-0.1, -0.05) is 0 Å². The van der Waals surface area contributed by atoms with Crippen LogP contribution < -0.4 is 10.6 Å². The second-order valence-corrected chi connectivity index (χ2v) is 5.43. The van der Waals surface area contributed by atoms with Crippen LogP contribution in [-0.4, -0.2) is 19.6 Å². The van der Waals surface area contributed by atoms with Crippen molar-refractivity contribution >= 4 is 27.1 Å². The van der Waals surface area contributed by atoms with Gasteiger partial charge in [-0.2, -0.15) is 0 Å². The first-order valence-corrected chi connectivity index (χ1v) is 6.67. The van der Waals surface area contributed by atoms with Crippen molar-refractivity contribution in [1.29, 1.82) is 0 Å². The first kappa shape index (κ1) is 10.1. The van der Waals surface area contributed by atoms with E-state index in [4.69, 9.17) is 5.73 Å². The Morgan fingerprint density at radius 2 is 2.31 bits per heavy atom. The Balaban J connectivity index is 1.88. The van der Waals surface area contributed by atoms with Gasteiger partial charge in [-0.3, -0.25) is 0 Å². The SMILES string of the molecule is NCC1CCN(c2ccc3sccc3c2)C1. The van der Waals surface area contributed by atoms with Crippen LogP contribution in [0.2, 0.25) is 0 Å². The number of thiophene rings is 1. The molecule has 0 spiro atoms. The van der Waals surface area contributed by atoms with Gasteiger partial charge in [0.05, 0.1) is 0 Å². The average molecular weight is 232 g/mol. The van der Waals surface area contributed by atoms with Gasteiger partial charge in [-0.25, -0.2) is 0 Å². The van der Waals surface area contributed by atoms with E-state index in [-0.39, 0.29) is 0 Å². The van der Waals surface area contributed by atoms with Gasteiger partial charge in [0.1, 0.15) is 0 Å². The number of fused-ring (bicyclic) bond motifs is 1. The summed E-state index contributed by atoms with van der Waals surface area (Å²) in [6.45, 7) is 3.08. The molecule has 2 aromatic rings. The summed E-state index contributed by atoms with van der Waals surface area (Å²) in [5, 5.41) is 3.51. The van der Waals surface area contributed by atoms with Crippen molar-refractivity contribution in [2.45, 2.75) is 6.42 Å². The normalized spacial score (nSPS) is 20.8. The molecule has 1 aliphatic heterocycles. The van der Waals surface area contributed by atoms with Crippen LogP contribution in [0, 0.1) is 5.92 Å². The smallest absolute Gasteiger partial charge is 0.0373 e. The highest BCUT2D eigenvalue weighted by Gasteiger charge is 2.21. The lowest BCUT2D eigenvalue weighted by atomic mass is 10.1. The molecule has 0 bridgehead atoms. The lowest BCUT2D eigenvalue weighted by Crippen LogP contribution is -2.22. The van der Waals surface area contributed by atoms with Crippen molar-refractivity contribution in [3.05, 3.63) is 29.6 Å². The van der Waals surface area contributed by atoms with Crippen molar-refractivity contribution < 1.29 is 0 Å². The highest BCUT2D eigenvalue weighted by molar-refractivity contribution is 7.17. The van der Waals surface area contributed by atoms with E-state index in [0.717, 1.165) is 19.6 Å². The minimum atomic E-state index is 0.679. The standard InChI is InChI=1S/C13H16N2S/c14-8-10-3-5-15(9-10)12-1-2-13-11(7-12)4-6-16-13/h1-2,4,6-7,10H,3,5,8-9,14H2. The molecular formula is C13H16N2S. The highest BCUT2D eigenvalue weighted by atomic mass is 32.1. The van der Waals surface area contributed by atoms with Crippen LogP contribution in [0.3, 0.4) is 0 Å². The van der Waals surface area contributed by atoms with Crippen LogP contribution in [0.4, 0.5) is 5.69 Å². The summed E-state index contributed by atoms with van der Waals surface area (Å²) in [6, 6.07) is 8.95. The van der Waals surface area contributed by atoms with E-state index in [1.807, 2.05) is 0 Å². The van der Waals surface area contributed by atoms with Crippen molar-refractivity contribution in [3.63, 3.8) is 0 Å². The molecule has 1 atom stereocenters. The van der Waals surface area contributed by atoms with Crippen LogP contribution in [0.5, 0.6) is 0 Å². The van der Waals surface area contributed by atoms with Gasteiger partial charge >= 0.3 is 0 Å². The zero-order valence-electron chi connectivity index (χ0n) is 9.23. The lowest BCUT2D eigenvalue weighted by molar-refractivity contribution is 0.603. The van der Waals surface area contributed by atoms with E-state index < -0.39 is 0 Å². The summed E-state index contributed by atoms with van der Waals surface area (Å²) in [5.74, 6) is 0.679. The molecule has 1 unspecified atom stereocenters. The van der Waals surface area contributed by atoms with Crippen LogP contribution in [0.25, 0.3) is 10.1 Å².